The van der Waals surface area contributed by atoms with E-state index in [-0.39, 0.29) is 28.4 Å². The Morgan fingerprint density at radius 1 is 1.28 bits per heavy atom. The minimum Gasteiger partial charge on any atom is -0.343 e. The summed E-state index contributed by atoms with van der Waals surface area (Å²) in [4.78, 5) is 25.9. The summed E-state index contributed by atoms with van der Waals surface area (Å²) in [5, 5.41) is 2.54. The van der Waals surface area contributed by atoms with E-state index in [1.165, 1.54) is 0 Å². The summed E-state index contributed by atoms with van der Waals surface area (Å²) in [6, 6.07) is 2.82. The van der Waals surface area contributed by atoms with Gasteiger partial charge in [0.2, 0.25) is 11.8 Å². The normalized spacial score (nSPS) is 16.0. The van der Waals surface area contributed by atoms with E-state index in [0.29, 0.717) is 32.4 Å². The number of anilines is 1. The van der Waals surface area contributed by atoms with Crippen molar-refractivity contribution in [3.8, 4) is 0 Å². The Bertz CT molecular complexity index is 641. The lowest BCUT2D eigenvalue weighted by atomic mass is 9.95. The first kappa shape index (κ1) is 19.6. The Hall–Kier alpha value is -1.76. The lowest BCUT2D eigenvalue weighted by molar-refractivity contribution is -0.137. The fraction of sp³-hybridized carbons (Fsp3) is 0.529. The van der Waals surface area contributed by atoms with Gasteiger partial charge in [0, 0.05) is 25.4 Å². The number of alkyl halides is 3. The zero-order valence-corrected chi connectivity index (χ0v) is 14.6. The highest BCUT2D eigenvalue weighted by Gasteiger charge is 2.32. The number of hydrogen-bond donors (Lipinski definition) is 1. The van der Waals surface area contributed by atoms with Gasteiger partial charge in [0.25, 0.3) is 0 Å². The number of nitrogens with zero attached hydrogens (tertiary/aromatic N) is 1. The Kier molecular flexibility index (Phi) is 6.32. The molecule has 0 unspecified atom stereocenters. The number of carbonyl (C=O) groups excluding carboxylic acids is 2. The number of rotatable bonds is 4. The fourth-order valence-electron chi connectivity index (χ4n) is 2.80. The Balaban J connectivity index is 1.98. The fourth-order valence-corrected chi connectivity index (χ4v) is 2.96. The van der Waals surface area contributed by atoms with Crippen LogP contribution in [0.3, 0.4) is 0 Å². The zero-order chi connectivity index (χ0) is 18.6. The van der Waals surface area contributed by atoms with E-state index in [0.717, 1.165) is 24.6 Å². The number of likely N-dealkylation sites (tertiary alicyclic amines) is 1. The van der Waals surface area contributed by atoms with Crippen LogP contribution in [0.15, 0.2) is 18.2 Å². The molecule has 2 amide bonds. The summed E-state index contributed by atoms with van der Waals surface area (Å²) in [5.74, 6) is -0.651. The SMILES string of the molecule is CCCC(=O)N1CCC(C(=O)Nc2cc(C(F)(F)F)ccc2Cl)CC1. The van der Waals surface area contributed by atoms with Gasteiger partial charge in [-0.2, -0.15) is 13.2 Å². The van der Waals surface area contributed by atoms with Gasteiger partial charge in [-0.05, 0) is 37.5 Å². The van der Waals surface area contributed by atoms with Gasteiger partial charge in [-0.25, -0.2) is 0 Å². The van der Waals surface area contributed by atoms with Crippen molar-refractivity contribution >= 4 is 29.1 Å². The highest BCUT2D eigenvalue weighted by atomic mass is 35.5. The van der Waals surface area contributed by atoms with Crippen molar-refractivity contribution in [2.24, 2.45) is 5.92 Å². The predicted octanol–water partition coefficient (Wildman–Crippen LogP) is 4.34. The summed E-state index contributed by atoms with van der Waals surface area (Å²) >= 11 is 5.89. The maximum atomic E-state index is 12.8. The standard InChI is InChI=1S/C17H20ClF3N2O2/c1-2-3-15(24)23-8-6-11(7-9-23)16(25)22-14-10-12(17(19,20)21)4-5-13(14)18/h4-5,10-11H,2-3,6-9H2,1H3,(H,22,25). The van der Waals surface area contributed by atoms with Crippen molar-refractivity contribution in [1.29, 1.82) is 0 Å². The molecule has 1 aliphatic rings. The highest BCUT2D eigenvalue weighted by Crippen LogP contribution is 2.34. The third kappa shape index (κ3) is 5.11. The van der Waals surface area contributed by atoms with Crippen LogP contribution >= 0.6 is 11.6 Å². The Morgan fingerprint density at radius 3 is 2.48 bits per heavy atom. The number of carbonyl (C=O) groups is 2. The van der Waals surface area contributed by atoms with Crippen LogP contribution in [0.5, 0.6) is 0 Å². The van der Waals surface area contributed by atoms with E-state index in [9.17, 15) is 22.8 Å². The molecule has 1 heterocycles. The minimum atomic E-state index is -4.50. The lowest BCUT2D eigenvalue weighted by Crippen LogP contribution is -2.41. The third-order valence-corrected chi connectivity index (χ3v) is 4.56. The number of hydrogen-bond acceptors (Lipinski definition) is 2. The van der Waals surface area contributed by atoms with Gasteiger partial charge in [0.1, 0.15) is 0 Å². The number of piperidine rings is 1. The van der Waals surface area contributed by atoms with E-state index in [1.807, 2.05) is 6.92 Å². The average molecular weight is 377 g/mol. The molecule has 0 bridgehead atoms. The molecule has 8 heteroatoms. The van der Waals surface area contributed by atoms with Gasteiger partial charge >= 0.3 is 6.18 Å². The van der Waals surface area contributed by atoms with Crippen molar-refractivity contribution in [2.45, 2.75) is 38.8 Å². The van der Waals surface area contributed by atoms with E-state index < -0.39 is 11.7 Å². The molecule has 25 heavy (non-hydrogen) atoms. The maximum absolute atomic E-state index is 12.8. The number of amides is 2. The zero-order valence-electron chi connectivity index (χ0n) is 13.8. The quantitative estimate of drug-likeness (QED) is 0.850. The molecule has 0 radical (unpaired) electrons. The minimum absolute atomic E-state index is 0.0500. The van der Waals surface area contributed by atoms with Crippen LogP contribution in [0.2, 0.25) is 5.02 Å². The van der Waals surface area contributed by atoms with Crippen molar-refractivity contribution in [1.82, 2.24) is 4.90 Å². The molecule has 1 N–H and O–H groups in total. The average Bonchev–Trinajstić information content (AvgIpc) is 2.56. The first-order valence-corrected chi connectivity index (χ1v) is 8.55. The number of nitrogens with one attached hydrogen (secondary N) is 1. The second-order valence-electron chi connectivity index (χ2n) is 6.09. The molecule has 0 spiro atoms. The first-order chi connectivity index (χ1) is 11.7. The topological polar surface area (TPSA) is 49.4 Å². The molecule has 1 aromatic rings. The van der Waals surface area contributed by atoms with Gasteiger partial charge in [-0.15, -0.1) is 0 Å². The number of benzene rings is 1. The van der Waals surface area contributed by atoms with Crippen LogP contribution in [0.1, 0.15) is 38.2 Å². The van der Waals surface area contributed by atoms with Crippen molar-refractivity contribution < 1.29 is 22.8 Å². The van der Waals surface area contributed by atoms with Crippen LogP contribution < -0.4 is 5.32 Å². The van der Waals surface area contributed by atoms with Crippen LogP contribution in [-0.4, -0.2) is 29.8 Å². The van der Waals surface area contributed by atoms with Gasteiger partial charge in [-0.3, -0.25) is 9.59 Å². The third-order valence-electron chi connectivity index (χ3n) is 4.23. The largest absolute Gasteiger partial charge is 0.416 e. The van der Waals surface area contributed by atoms with E-state index >= 15 is 0 Å². The highest BCUT2D eigenvalue weighted by molar-refractivity contribution is 6.33. The van der Waals surface area contributed by atoms with Crippen LogP contribution in [0, 0.1) is 5.92 Å². The summed E-state index contributed by atoms with van der Waals surface area (Å²) in [6.45, 7) is 2.89. The van der Waals surface area contributed by atoms with Gasteiger partial charge in [-0.1, -0.05) is 18.5 Å². The molecule has 4 nitrogen and oxygen atoms in total. The second-order valence-corrected chi connectivity index (χ2v) is 6.49. The lowest BCUT2D eigenvalue weighted by Gasteiger charge is -2.31. The van der Waals surface area contributed by atoms with Crippen LogP contribution in [0.25, 0.3) is 0 Å². The number of halogens is 4. The van der Waals surface area contributed by atoms with Gasteiger partial charge in [0.15, 0.2) is 0 Å². The molecule has 1 fully saturated rings. The molecule has 0 aromatic heterocycles. The molecule has 1 saturated heterocycles. The summed E-state index contributed by atoms with van der Waals surface area (Å²) in [7, 11) is 0. The maximum Gasteiger partial charge on any atom is 0.416 e. The van der Waals surface area contributed by atoms with E-state index in [4.69, 9.17) is 11.6 Å². The van der Waals surface area contributed by atoms with Crippen molar-refractivity contribution in [3.63, 3.8) is 0 Å². The molecule has 138 valence electrons. The molecule has 0 atom stereocenters. The smallest absolute Gasteiger partial charge is 0.343 e. The molecule has 1 aliphatic heterocycles. The van der Waals surface area contributed by atoms with E-state index in [1.54, 1.807) is 4.90 Å². The molecular formula is C17H20ClF3N2O2. The first-order valence-electron chi connectivity index (χ1n) is 8.17. The summed E-state index contributed by atoms with van der Waals surface area (Å²) < 4.78 is 38.3. The van der Waals surface area contributed by atoms with Gasteiger partial charge in [0.05, 0.1) is 16.3 Å². The molecule has 2 rings (SSSR count). The van der Waals surface area contributed by atoms with E-state index in [2.05, 4.69) is 5.32 Å². The second kappa shape index (κ2) is 8.08. The molecule has 0 aliphatic carbocycles. The van der Waals surface area contributed by atoms with Crippen LogP contribution in [0.4, 0.5) is 18.9 Å². The van der Waals surface area contributed by atoms with Crippen molar-refractivity contribution in [3.05, 3.63) is 28.8 Å². The summed E-state index contributed by atoms with van der Waals surface area (Å²) in [6.07, 6.45) is -2.28. The molecular weight excluding hydrogens is 357 g/mol. The predicted molar refractivity (Wildman–Crippen MR) is 89.3 cm³/mol. The monoisotopic (exact) mass is 376 g/mol. The Morgan fingerprint density at radius 2 is 1.92 bits per heavy atom. The van der Waals surface area contributed by atoms with Crippen LogP contribution in [-0.2, 0) is 15.8 Å². The molecule has 1 aromatic carbocycles. The molecule has 0 saturated carbocycles. The Labute approximate surface area is 149 Å². The van der Waals surface area contributed by atoms with Gasteiger partial charge < -0.3 is 10.2 Å². The summed E-state index contributed by atoms with van der Waals surface area (Å²) in [5.41, 5.74) is -0.918. The van der Waals surface area contributed by atoms with Crippen molar-refractivity contribution in [2.75, 3.05) is 18.4 Å².